The van der Waals surface area contributed by atoms with Crippen molar-refractivity contribution in [3.63, 3.8) is 0 Å². The van der Waals surface area contributed by atoms with Crippen LogP contribution in [0.2, 0.25) is 0 Å². The van der Waals surface area contributed by atoms with Gasteiger partial charge in [0.05, 0.1) is 6.54 Å². The molecule has 0 radical (unpaired) electrons. The second kappa shape index (κ2) is 5.86. The molecule has 0 aliphatic carbocycles. The fourth-order valence-electron chi connectivity index (χ4n) is 2.15. The van der Waals surface area contributed by atoms with Crippen molar-refractivity contribution in [2.75, 3.05) is 30.7 Å². The largest absolute Gasteiger partial charge is 0.383 e. The lowest BCUT2D eigenvalue weighted by Crippen LogP contribution is -2.33. The summed E-state index contributed by atoms with van der Waals surface area (Å²) in [5.74, 6) is 1.95. The van der Waals surface area contributed by atoms with Gasteiger partial charge in [0.15, 0.2) is 0 Å². The number of carbonyl (C=O) groups excluding carboxylic acids is 1. The number of hydrogen-bond donors (Lipinski definition) is 2. The molecular formula is C13H21N5O. The molecule has 104 valence electrons. The van der Waals surface area contributed by atoms with E-state index in [1.54, 1.807) is 0 Å². The smallest absolute Gasteiger partial charge is 0.241 e. The van der Waals surface area contributed by atoms with Crippen LogP contribution in [0.5, 0.6) is 0 Å². The first-order valence-electron chi connectivity index (χ1n) is 6.76. The molecule has 0 bridgehead atoms. The summed E-state index contributed by atoms with van der Waals surface area (Å²) < 4.78 is 0. The summed E-state index contributed by atoms with van der Waals surface area (Å²) in [6, 6.07) is 0. The number of likely N-dealkylation sites (tertiary alicyclic amines) is 1. The first kappa shape index (κ1) is 13.6. The van der Waals surface area contributed by atoms with Gasteiger partial charge in [0.1, 0.15) is 17.5 Å². The summed E-state index contributed by atoms with van der Waals surface area (Å²) in [5.41, 5.74) is 6.64. The third-order valence-corrected chi connectivity index (χ3v) is 3.41. The van der Waals surface area contributed by atoms with Crippen LogP contribution in [0.15, 0.2) is 0 Å². The zero-order valence-electron chi connectivity index (χ0n) is 11.6. The van der Waals surface area contributed by atoms with E-state index in [1.165, 1.54) is 0 Å². The third kappa shape index (κ3) is 3.13. The highest BCUT2D eigenvalue weighted by molar-refractivity contribution is 5.81. The maximum Gasteiger partial charge on any atom is 0.241 e. The maximum atomic E-state index is 12.0. The van der Waals surface area contributed by atoms with Crippen molar-refractivity contribution in [3.05, 3.63) is 11.4 Å². The molecular weight excluding hydrogens is 242 g/mol. The number of hydrogen-bond acceptors (Lipinski definition) is 5. The van der Waals surface area contributed by atoms with E-state index < -0.39 is 0 Å². The minimum atomic E-state index is 0.118. The second-order valence-electron chi connectivity index (χ2n) is 4.79. The number of aromatic nitrogens is 2. The van der Waals surface area contributed by atoms with Gasteiger partial charge in [-0.05, 0) is 19.8 Å². The normalized spacial score (nSPS) is 14.7. The van der Waals surface area contributed by atoms with Crippen LogP contribution in [0.25, 0.3) is 0 Å². The summed E-state index contributed by atoms with van der Waals surface area (Å²) in [6.45, 7) is 5.83. The zero-order chi connectivity index (χ0) is 13.8. The van der Waals surface area contributed by atoms with Crippen LogP contribution in [-0.2, 0) is 11.2 Å². The number of nitrogens with two attached hydrogens (primary N) is 1. The first-order chi connectivity index (χ1) is 9.11. The van der Waals surface area contributed by atoms with Gasteiger partial charge in [0.25, 0.3) is 0 Å². The zero-order valence-corrected chi connectivity index (χ0v) is 11.6. The van der Waals surface area contributed by atoms with E-state index >= 15 is 0 Å². The molecule has 1 amide bonds. The Hall–Kier alpha value is -1.85. The molecule has 1 aromatic heterocycles. The highest BCUT2D eigenvalue weighted by Gasteiger charge is 2.18. The SMILES string of the molecule is CCc1nc(N)c(C)c(NCC(=O)N2CCCC2)n1. The highest BCUT2D eigenvalue weighted by Crippen LogP contribution is 2.17. The van der Waals surface area contributed by atoms with E-state index in [1.807, 2.05) is 18.7 Å². The summed E-state index contributed by atoms with van der Waals surface area (Å²) in [7, 11) is 0. The first-order valence-corrected chi connectivity index (χ1v) is 6.76. The van der Waals surface area contributed by atoms with Gasteiger partial charge in [-0.2, -0.15) is 0 Å². The Morgan fingerprint density at radius 1 is 1.37 bits per heavy atom. The van der Waals surface area contributed by atoms with Gasteiger partial charge in [-0.3, -0.25) is 4.79 Å². The number of nitrogen functional groups attached to an aromatic ring is 1. The van der Waals surface area contributed by atoms with E-state index in [0.29, 0.717) is 17.5 Å². The Kier molecular flexibility index (Phi) is 4.19. The average molecular weight is 263 g/mol. The molecule has 0 aromatic carbocycles. The molecule has 1 aliphatic rings. The molecule has 1 aliphatic heterocycles. The van der Waals surface area contributed by atoms with Gasteiger partial charge in [-0.1, -0.05) is 6.92 Å². The van der Waals surface area contributed by atoms with Crippen molar-refractivity contribution in [2.45, 2.75) is 33.1 Å². The Labute approximate surface area is 113 Å². The summed E-state index contributed by atoms with van der Waals surface area (Å²) in [6.07, 6.45) is 2.93. The van der Waals surface area contributed by atoms with Crippen LogP contribution in [0, 0.1) is 6.92 Å². The number of carbonyl (C=O) groups is 1. The molecule has 0 atom stereocenters. The van der Waals surface area contributed by atoms with Crippen LogP contribution in [-0.4, -0.2) is 40.4 Å². The highest BCUT2D eigenvalue weighted by atomic mass is 16.2. The predicted octanol–water partition coefficient (Wildman–Crippen LogP) is 0.964. The number of amides is 1. The van der Waals surface area contributed by atoms with Crippen molar-refractivity contribution in [2.24, 2.45) is 0 Å². The lowest BCUT2D eigenvalue weighted by atomic mass is 10.3. The summed E-state index contributed by atoms with van der Waals surface area (Å²) >= 11 is 0. The lowest BCUT2D eigenvalue weighted by Gasteiger charge is -2.17. The Morgan fingerprint density at radius 2 is 2.05 bits per heavy atom. The Bertz CT molecular complexity index is 468. The van der Waals surface area contributed by atoms with Crippen LogP contribution < -0.4 is 11.1 Å². The molecule has 6 nitrogen and oxygen atoms in total. The van der Waals surface area contributed by atoms with Gasteiger partial charge < -0.3 is 16.0 Å². The van der Waals surface area contributed by atoms with Gasteiger partial charge in [0.2, 0.25) is 5.91 Å². The van der Waals surface area contributed by atoms with Crippen LogP contribution in [0.3, 0.4) is 0 Å². The minimum Gasteiger partial charge on any atom is -0.383 e. The molecule has 0 saturated carbocycles. The number of nitrogens with zero attached hydrogens (tertiary/aromatic N) is 3. The minimum absolute atomic E-state index is 0.118. The van der Waals surface area contributed by atoms with Crippen LogP contribution >= 0.6 is 0 Å². The molecule has 2 rings (SSSR count). The van der Waals surface area contributed by atoms with Gasteiger partial charge in [-0.25, -0.2) is 9.97 Å². The number of rotatable bonds is 4. The Morgan fingerprint density at radius 3 is 2.68 bits per heavy atom. The quantitative estimate of drug-likeness (QED) is 0.845. The molecule has 2 heterocycles. The second-order valence-corrected chi connectivity index (χ2v) is 4.79. The number of nitrogens with one attached hydrogen (secondary N) is 1. The summed E-state index contributed by atoms with van der Waals surface area (Å²) in [5, 5.41) is 3.08. The van der Waals surface area contributed by atoms with Crippen molar-refractivity contribution in [1.29, 1.82) is 0 Å². The molecule has 6 heteroatoms. The molecule has 1 saturated heterocycles. The maximum absolute atomic E-state index is 12.0. The van der Waals surface area contributed by atoms with Gasteiger partial charge >= 0.3 is 0 Å². The molecule has 1 fully saturated rings. The fourth-order valence-corrected chi connectivity index (χ4v) is 2.15. The van der Waals surface area contributed by atoms with Crippen molar-refractivity contribution >= 4 is 17.5 Å². The van der Waals surface area contributed by atoms with Gasteiger partial charge in [0, 0.05) is 25.1 Å². The van der Waals surface area contributed by atoms with E-state index in [0.717, 1.165) is 37.9 Å². The monoisotopic (exact) mass is 263 g/mol. The molecule has 3 N–H and O–H groups in total. The topological polar surface area (TPSA) is 84.1 Å². The van der Waals surface area contributed by atoms with E-state index in [2.05, 4.69) is 15.3 Å². The van der Waals surface area contributed by atoms with Crippen molar-refractivity contribution in [1.82, 2.24) is 14.9 Å². The lowest BCUT2D eigenvalue weighted by molar-refractivity contribution is -0.128. The van der Waals surface area contributed by atoms with Crippen molar-refractivity contribution < 1.29 is 4.79 Å². The van der Waals surface area contributed by atoms with E-state index in [4.69, 9.17) is 5.73 Å². The van der Waals surface area contributed by atoms with Crippen LogP contribution in [0.1, 0.15) is 31.2 Å². The molecule has 0 unspecified atom stereocenters. The standard InChI is InChI=1S/C13H21N5O/c1-3-10-16-12(14)9(2)13(17-10)15-8-11(19)18-6-4-5-7-18/h3-8H2,1-2H3,(H3,14,15,16,17). The van der Waals surface area contributed by atoms with Crippen molar-refractivity contribution in [3.8, 4) is 0 Å². The summed E-state index contributed by atoms with van der Waals surface area (Å²) in [4.78, 5) is 22.4. The van der Waals surface area contributed by atoms with E-state index in [9.17, 15) is 4.79 Å². The Balaban J connectivity index is 2.02. The van der Waals surface area contributed by atoms with E-state index in [-0.39, 0.29) is 12.5 Å². The predicted molar refractivity (Wildman–Crippen MR) is 74.9 cm³/mol. The average Bonchev–Trinajstić information content (AvgIpc) is 2.94. The van der Waals surface area contributed by atoms with Gasteiger partial charge in [-0.15, -0.1) is 0 Å². The molecule has 19 heavy (non-hydrogen) atoms. The number of anilines is 2. The fraction of sp³-hybridized carbons (Fsp3) is 0.615. The van der Waals surface area contributed by atoms with Crippen LogP contribution in [0.4, 0.5) is 11.6 Å². The number of aryl methyl sites for hydroxylation is 1. The third-order valence-electron chi connectivity index (χ3n) is 3.41. The molecule has 1 aromatic rings. The molecule has 0 spiro atoms.